The minimum atomic E-state index is -0.444. The molecule has 0 saturated heterocycles. The summed E-state index contributed by atoms with van der Waals surface area (Å²) < 4.78 is 5.28. The average Bonchev–Trinajstić information content (AvgIpc) is 2.59. The van der Waals surface area contributed by atoms with Crippen molar-refractivity contribution in [3.8, 4) is 0 Å². The van der Waals surface area contributed by atoms with Gasteiger partial charge in [-0.15, -0.1) is 0 Å². The maximum atomic E-state index is 11.7. The van der Waals surface area contributed by atoms with Crippen molar-refractivity contribution in [2.24, 2.45) is 0 Å². The zero-order valence-electron chi connectivity index (χ0n) is 10.6. The molecule has 0 fully saturated rings. The zero-order chi connectivity index (χ0) is 12.5. The van der Waals surface area contributed by atoms with Gasteiger partial charge < -0.3 is 10.1 Å². The van der Waals surface area contributed by atoms with E-state index in [1.54, 1.807) is 0 Å². The fourth-order valence-corrected chi connectivity index (χ4v) is 1.93. The Kier molecular flexibility index (Phi) is 3.09. The Morgan fingerprint density at radius 2 is 2.24 bits per heavy atom. The van der Waals surface area contributed by atoms with Crippen molar-refractivity contribution in [3.63, 3.8) is 0 Å². The van der Waals surface area contributed by atoms with Gasteiger partial charge in [-0.3, -0.25) is 9.89 Å². The molecule has 0 saturated carbocycles. The van der Waals surface area contributed by atoms with Gasteiger partial charge in [-0.25, -0.2) is 0 Å². The van der Waals surface area contributed by atoms with Gasteiger partial charge in [0.25, 0.3) is 0 Å². The van der Waals surface area contributed by atoms with E-state index in [0.29, 0.717) is 0 Å². The average molecular weight is 237 g/mol. The number of aryl methyl sites for hydroxylation is 1. The number of esters is 1. The molecule has 5 nitrogen and oxygen atoms in total. The second kappa shape index (κ2) is 4.39. The Bertz CT molecular complexity index is 418. The molecule has 5 heteroatoms. The largest absolute Gasteiger partial charge is 0.460 e. The van der Waals surface area contributed by atoms with Crippen LogP contribution in [0.25, 0.3) is 0 Å². The third kappa shape index (κ3) is 2.99. The minimum Gasteiger partial charge on any atom is -0.460 e. The first-order valence-corrected chi connectivity index (χ1v) is 5.97. The second-order valence-electron chi connectivity index (χ2n) is 5.32. The second-order valence-corrected chi connectivity index (χ2v) is 5.32. The Labute approximate surface area is 101 Å². The number of hydrogen-bond acceptors (Lipinski definition) is 4. The summed E-state index contributed by atoms with van der Waals surface area (Å²) in [5, 5.41) is 10.4. The number of ether oxygens (including phenoxy) is 1. The Hall–Kier alpha value is -1.52. The van der Waals surface area contributed by atoms with E-state index in [2.05, 4.69) is 15.5 Å². The molecule has 0 aromatic carbocycles. The van der Waals surface area contributed by atoms with Gasteiger partial charge in [0, 0.05) is 6.54 Å². The minimum absolute atomic E-state index is 0.218. The molecular formula is C12H19N3O2. The van der Waals surface area contributed by atoms with Crippen LogP contribution in [0.2, 0.25) is 0 Å². The van der Waals surface area contributed by atoms with E-state index in [9.17, 15) is 4.79 Å². The lowest BCUT2D eigenvalue weighted by atomic mass is 10.1. The fourth-order valence-electron chi connectivity index (χ4n) is 1.93. The van der Waals surface area contributed by atoms with E-state index in [-0.39, 0.29) is 12.4 Å². The van der Waals surface area contributed by atoms with Crippen LogP contribution < -0.4 is 5.32 Å². The number of nitrogens with zero attached hydrogens (tertiary/aromatic N) is 1. The molecule has 2 N–H and O–H groups in total. The number of hydrogen-bond donors (Lipinski definition) is 2. The van der Waals surface area contributed by atoms with Crippen LogP contribution in [-0.4, -0.2) is 28.3 Å². The maximum Gasteiger partial charge on any atom is 0.312 e. The van der Waals surface area contributed by atoms with Crippen molar-refractivity contribution in [1.82, 2.24) is 10.2 Å². The summed E-state index contributed by atoms with van der Waals surface area (Å²) in [6.07, 6.45) is 2.31. The van der Waals surface area contributed by atoms with Gasteiger partial charge in [0.1, 0.15) is 5.60 Å². The number of carbonyl (C=O) groups excluding carboxylic acids is 1. The highest BCUT2D eigenvalue weighted by Crippen LogP contribution is 2.24. The molecule has 2 heterocycles. The molecule has 17 heavy (non-hydrogen) atoms. The molecule has 1 aliphatic heterocycles. The summed E-state index contributed by atoms with van der Waals surface area (Å²) in [6.45, 7) is 6.53. The first kappa shape index (κ1) is 12.0. The van der Waals surface area contributed by atoms with Crippen LogP contribution in [0.3, 0.4) is 0 Å². The number of fused-ring (bicyclic) bond motifs is 1. The van der Waals surface area contributed by atoms with Gasteiger partial charge >= 0.3 is 5.97 Å². The lowest BCUT2D eigenvalue weighted by molar-refractivity contribution is -0.153. The summed E-state index contributed by atoms with van der Waals surface area (Å²) in [4.78, 5) is 11.7. The van der Waals surface area contributed by atoms with Crippen LogP contribution >= 0.6 is 0 Å². The highest BCUT2D eigenvalue weighted by molar-refractivity contribution is 5.75. The summed E-state index contributed by atoms with van der Waals surface area (Å²) in [7, 11) is 0. The summed E-state index contributed by atoms with van der Waals surface area (Å²) in [5.74, 6) is -0.237. The molecule has 94 valence electrons. The van der Waals surface area contributed by atoms with Crippen LogP contribution in [0.1, 0.15) is 38.6 Å². The van der Waals surface area contributed by atoms with E-state index in [1.165, 1.54) is 0 Å². The van der Waals surface area contributed by atoms with E-state index < -0.39 is 5.60 Å². The first-order valence-electron chi connectivity index (χ1n) is 5.97. The lowest BCUT2D eigenvalue weighted by Gasteiger charge is -2.19. The van der Waals surface area contributed by atoms with Gasteiger partial charge in [-0.2, -0.15) is 5.10 Å². The smallest absolute Gasteiger partial charge is 0.312 e. The lowest BCUT2D eigenvalue weighted by Crippen LogP contribution is -2.25. The number of anilines is 1. The number of aromatic nitrogens is 2. The monoisotopic (exact) mass is 237 g/mol. The molecule has 1 aliphatic rings. The van der Waals surface area contributed by atoms with Crippen LogP contribution in [-0.2, 0) is 22.4 Å². The van der Waals surface area contributed by atoms with Crippen LogP contribution in [0, 0.1) is 0 Å². The molecule has 0 spiro atoms. The predicted octanol–water partition coefficient (Wildman–Crippen LogP) is 1.65. The molecular weight excluding hydrogens is 218 g/mol. The third-order valence-corrected chi connectivity index (χ3v) is 2.55. The standard InChI is InChI=1S/C12H19N3O2/c1-12(2,3)17-10(16)7-9-11-8(14-15-9)5-4-6-13-11/h13H,4-7H2,1-3H3,(H,14,15). The Morgan fingerprint density at radius 3 is 2.94 bits per heavy atom. The van der Waals surface area contributed by atoms with Crippen molar-refractivity contribution in [2.75, 3.05) is 11.9 Å². The summed E-state index contributed by atoms with van der Waals surface area (Å²) >= 11 is 0. The number of rotatable bonds is 2. The van der Waals surface area contributed by atoms with Crippen molar-refractivity contribution in [2.45, 2.75) is 45.6 Å². The fraction of sp³-hybridized carbons (Fsp3) is 0.667. The molecule has 1 aromatic rings. The van der Waals surface area contributed by atoms with Crippen LogP contribution in [0.15, 0.2) is 0 Å². The van der Waals surface area contributed by atoms with Crippen molar-refractivity contribution in [1.29, 1.82) is 0 Å². The van der Waals surface area contributed by atoms with E-state index in [4.69, 9.17) is 4.74 Å². The number of nitrogens with one attached hydrogen (secondary N) is 2. The third-order valence-electron chi connectivity index (χ3n) is 2.55. The molecule has 0 bridgehead atoms. The zero-order valence-corrected chi connectivity index (χ0v) is 10.6. The molecule has 2 rings (SSSR count). The normalized spacial score (nSPS) is 15.0. The topological polar surface area (TPSA) is 67.0 Å². The highest BCUT2D eigenvalue weighted by atomic mass is 16.6. The SMILES string of the molecule is CC(C)(C)OC(=O)Cc1n[nH]c2c1NCCC2. The van der Waals surface area contributed by atoms with Crippen molar-refractivity contribution in [3.05, 3.63) is 11.4 Å². The molecule has 0 atom stereocenters. The molecule has 0 unspecified atom stereocenters. The van der Waals surface area contributed by atoms with Gasteiger partial charge in [0.05, 0.1) is 23.5 Å². The highest BCUT2D eigenvalue weighted by Gasteiger charge is 2.22. The Morgan fingerprint density at radius 1 is 1.47 bits per heavy atom. The quantitative estimate of drug-likeness (QED) is 0.767. The molecule has 0 radical (unpaired) electrons. The van der Waals surface area contributed by atoms with Gasteiger partial charge in [-0.05, 0) is 33.6 Å². The Balaban J connectivity index is 2.04. The first-order chi connectivity index (χ1) is 7.96. The molecule has 1 aromatic heterocycles. The number of H-pyrrole nitrogens is 1. The van der Waals surface area contributed by atoms with E-state index in [1.807, 2.05) is 20.8 Å². The summed E-state index contributed by atoms with van der Waals surface area (Å²) in [5.41, 5.74) is 2.40. The summed E-state index contributed by atoms with van der Waals surface area (Å²) in [6, 6.07) is 0. The molecule has 0 amide bonds. The maximum absolute atomic E-state index is 11.7. The van der Waals surface area contributed by atoms with Crippen molar-refractivity contribution < 1.29 is 9.53 Å². The van der Waals surface area contributed by atoms with Gasteiger partial charge in [-0.1, -0.05) is 0 Å². The number of aromatic amines is 1. The molecule has 0 aliphatic carbocycles. The van der Waals surface area contributed by atoms with E-state index >= 15 is 0 Å². The van der Waals surface area contributed by atoms with E-state index in [0.717, 1.165) is 36.5 Å². The van der Waals surface area contributed by atoms with Crippen LogP contribution in [0.5, 0.6) is 0 Å². The number of carbonyl (C=O) groups is 1. The van der Waals surface area contributed by atoms with Gasteiger partial charge in [0.2, 0.25) is 0 Å². The predicted molar refractivity (Wildman–Crippen MR) is 64.9 cm³/mol. The van der Waals surface area contributed by atoms with Crippen molar-refractivity contribution >= 4 is 11.7 Å². The van der Waals surface area contributed by atoms with Gasteiger partial charge in [0.15, 0.2) is 0 Å². The van der Waals surface area contributed by atoms with Crippen LogP contribution in [0.4, 0.5) is 5.69 Å².